The minimum Gasteiger partial charge on any atom is -0.493 e. The molecule has 1 saturated heterocycles. The first kappa shape index (κ1) is 22.2. The Balaban J connectivity index is 1.65. The lowest BCUT2D eigenvalue weighted by Crippen LogP contribution is -2.22. The molecule has 1 fully saturated rings. The van der Waals surface area contributed by atoms with Gasteiger partial charge in [-0.25, -0.2) is 4.79 Å². The zero-order valence-electron chi connectivity index (χ0n) is 16.9. The molecule has 0 bridgehead atoms. The minimum absolute atomic E-state index is 0.152. The van der Waals surface area contributed by atoms with Crippen LogP contribution in [0, 0.1) is 0 Å². The number of hydrogen-bond acceptors (Lipinski definition) is 8. The van der Waals surface area contributed by atoms with Gasteiger partial charge in [-0.15, -0.1) is 23.5 Å². The van der Waals surface area contributed by atoms with Crippen LogP contribution < -0.4 is 19.5 Å². The zero-order valence-corrected chi connectivity index (χ0v) is 18.6. The quantitative estimate of drug-likeness (QED) is 0.606. The molecular formula is C21H23NO6S2. The molecule has 1 aliphatic rings. The Morgan fingerprint density at radius 1 is 1.00 bits per heavy atom. The van der Waals surface area contributed by atoms with Crippen molar-refractivity contribution in [3.63, 3.8) is 0 Å². The van der Waals surface area contributed by atoms with Crippen molar-refractivity contribution < 1.29 is 28.5 Å². The Bertz CT molecular complexity index is 897. The Morgan fingerprint density at radius 3 is 2.23 bits per heavy atom. The second-order valence-corrected chi connectivity index (χ2v) is 8.95. The molecular weight excluding hydrogens is 426 g/mol. The molecule has 0 spiro atoms. The monoisotopic (exact) mass is 449 g/mol. The lowest BCUT2D eigenvalue weighted by Gasteiger charge is -2.15. The molecule has 0 radical (unpaired) electrons. The summed E-state index contributed by atoms with van der Waals surface area (Å²) in [5.74, 6) is 2.63. The van der Waals surface area contributed by atoms with Gasteiger partial charge in [0.2, 0.25) is 0 Å². The number of thioether (sulfide) groups is 2. The number of benzene rings is 2. The number of anilines is 1. The van der Waals surface area contributed by atoms with Crippen molar-refractivity contribution in [3.05, 3.63) is 47.5 Å². The number of hydrogen-bond donors (Lipinski definition) is 1. The zero-order chi connectivity index (χ0) is 21.5. The van der Waals surface area contributed by atoms with Crippen molar-refractivity contribution in [2.24, 2.45) is 0 Å². The van der Waals surface area contributed by atoms with Crippen LogP contribution in [0.2, 0.25) is 0 Å². The van der Waals surface area contributed by atoms with Gasteiger partial charge < -0.3 is 24.3 Å². The number of methoxy groups -OCH3 is 3. The van der Waals surface area contributed by atoms with Crippen LogP contribution in [-0.4, -0.2) is 51.3 Å². The molecule has 2 aromatic carbocycles. The summed E-state index contributed by atoms with van der Waals surface area (Å²) in [5.41, 5.74) is 1.64. The summed E-state index contributed by atoms with van der Waals surface area (Å²) in [6.45, 7) is -0.207. The molecule has 1 heterocycles. The first-order valence-corrected chi connectivity index (χ1v) is 11.3. The molecule has 1 amide bonds. The second-order valence-electron chi connectivity index (χ2n) is 6.22. The first-order chi connectivity index (χ1) is 14.5. The maximum atomic E-state index is 12.4. The third-order valence-electron chi connectivity index (χ3n) is 4.35. The average Bonchev–Trinajstić information content (AvgIpc) is 3.32. The van der Waals surface area contributed by atoms with Gasteiger partial charge in [0.1, 0.15) is 5.75 Å². The Morgan fingerprint density at radius 2 is 1.63 bits per heavy atom. The molecule has 0 aliphatic carbocycles. The van der Waals surface area contributed by atoms with E-state index in [1.165, 1.54) is 39.0 Å². The smallest absolute Gasteiger partial charge is 0.340 e. The fourth-order valence-electron chi connectivity index (χ4n) is 2.87. The van der Waals surface area contributed by atoms with Crippen molar-refractivity contribution in [1.29, 1.82) is 0 Å². The number of ether oxygens (including phenoxy) is 4. The van der Waals surface area contributed by atoms with Crippen molar-refractivity contribution in [1.82, 2.24) is 0 Å². The molecule has 160 valence electrons. The molecule has 7 nitrogen and oxygen atoms in total. The van der Waals surface area contributed by atoms with Crippen molar-refractivity contribution in [2.75, 3.05) is 44.8 Å². The maximum absolute atomic E-state index is 12.4. The predicted molar refractivity (Wildman–Crippen MR) is 119 cm³/mol. The van der Waals surface area contributed by atoms with Crippen molar-refractivity contribution in [2.45, 2.75) is 4.58 Å². The highest BCUT2D eigenvalue weighted by Crippen LogP contribution is 2.45. The molecule has 0 atom stereocenters. The summed E-state index contributed by atoms with van der Waals surface area (Å²) in [6.07, 6.45) is 0. The van der Waals surface area contributed by atoms with Crippen LogP contribution in [0.5, 0.6) is 17.2 Å². The number of nitrogens with one attached hydrogen (secondary N) is 1. The van der Waals surface area contributed by atoms with E-state index < -0.39 is 11.9 Å². The third kappa shape index (κ3) is 5.34. The van der Waals surface area contributed by atoms with E-state index in [-0.39, 0.29) is 17.9 Å². The van der Waals surface area contributed by atoms with E-state index in [9.17, 15) is 9.59 Å². The van der Waals surface area contributed by atoms with Gasteiger partial charge in [-0.2, -0.15) is 0 Å². The summed E-state index contributed by atoms with van der Waals surface area (Å²) in [7, 11) is 4.19. The molecule has 2 aromatic rings. The second kappa shape index (κ2) is 10.5. The van der Waals surface area contributed by atoms with Gasteiger partial charge in [0.05, 0.1) is 37.2 Å². The van der Waals surface area contributed by atoms with Crippen molar-refractivity contribution >= 4 is 41.1 Å². The highest BCUT2D eigenvalue weighted by Gasteiger charge is 2.20. The lowest BCUT2D eigenvalue weighted by atomic mass is 10.1. The maximum Gasteiger partial charge on any atom is 0.340 e. The van der Waals surface area contributed by atoms with E-state index in [0.717, 1.165) is 11.5 Å². The van der Waals surface area contributed by atoms with Crippen LogP contribution in [0.15, 0.2) is 36.4 Å². The lowest BCUT2D eigenvalue weighted by molar-refractivity contribution is -0.118. The summed E-state index contributed by atoms with van der Waals surface area (Å²) in [4.78, 5) is 24.5. The molecule has 30 heavy (non-hydrogen) atoms. The van der Waals surface area contributed by atoms with Gasteiger partial charge in [0.25, 0.3) is 5.91 Å². The summed E-state index contributed by atoms with van der Waals surface area (Å²) >= 11 is 3.87. The molecule has 3 rings (SSSR count). The number of carbonyl (C=O) groups is 2. The molecule has 0 aromatic heterocycles. The van der Waals surface area contributed by atoms with Gasteiger partial charge in [-0.1, -0.05) is 12.1 Å². The van der Waals surface area contributed by atoms with E-state index in [2.05, 4.69) is 5.32 Å². The average molecular weight is 450 g/mol. The largest absolute Gasteiger partial charge is 0.493 e. The van der Waals surface area contributed by atoms with E-state index in [0.29, 0.717) is 21.8 Å². The Kier molecular flexibility index (Phi) is 7.75. The van der Waals surface area contributed by atoms with Crippen LogP contribution >= 0.6 is 23.5 Å². The predicted octanol–water partition coefficient (Wildman–Crippen LogP) is 3.99. The standard InChI is InChI=1S/C21H23NO6S2/c1-25-17-10-15(20(24)27-3)16(11-18(17)26-2)22-19(23)12-28-14-6-4-13(5-7-14)21-29-8-9-30-21/h4-7,10-11,21H,8-9,12H2,1-3H3,(H,22,23). The van der Waals surface area contributed by atoms with Gasteiger partial charge in [-0.05, 0) is 17.7 Å². The fraction of sp³-hybridized carbons (Fsp3) is 0.333. The van der Waals surface area contributed by atoms with Gasteiger partial charge >= 0.3 is 5.97 Å². The fourth-order valence-corrected chi connectivity index (χ4v) is 5.73. The van der Waals surface area contributed by atoms with Crippen LogP contribution in [0.25, 0.3) is 0 Å². The summed E-state index contributed by atoms with van der Waals surface area (Å²) < 4.78 is 21.3. The van der Waals surface area contributed by atoms with Gasteiger partial charge in [0.15, 0.2) is 18.1 Å². The Hall–Kier alpha value is -2.52. The first-order valence-electron chi connectivity index (χ1n) is 9.16. The highest BCUT2D eigenvalue weighted by molar-refractivity contribution is 8.19. The molecule has 0 saturated carbocycles. The third-order valence-corrected chi connectivity index (χ3v) is 7.45. The van der Waals surface area contributed by atoms with Crippen molar-refractivity contribution in [3.8, 4) is 17.2 Å². The molecule has 1 N–H and O–H groups in total. The van der Waals surface area contributed by atoms with E-state index >= 15 is 0 Å². The number of amides is 1. The van der Waals surface area contributed by atoms with Crippen LogP contribution in [0.3, 0.4) is 0 Å². The minimum atomic E-state index is -0.606. The normalized spacial score (nSPS) is 13.6. The van der Waals surface area contributed by atoms with Crippen LogP contribution in [0.4, 0.5) is 5.69 Å². The Labute approximate surface area is 183 Å². The van der Waals surface area contributed by atoms with Gasteiger partial charge in [-0.3, -0.25) is 4.79 Å². The van der Waals surface area contributed by atoms with Crippen LogP contribution in [0.1, 0.15) is 20.5 Å². The number of esters is 1. The number of carbonyl (C=O) groups excluding carboxylic acids is 2. The topological polar surface area (TPSA) is 83.1 Å². The SMILES string of the molecule is COC(=O)c1cc(OC)c(OC)cc1NC(=O)COc1ccc(C2SCCS2)cc1. The summed E-state index contributed by atoms with van der Waals surface area (Å²) in [6, 6.07) is 10.7. The van der Waals surface area contributed by atoms with E-state index in [1.807, 2.05) is 47.8 Å². The van der Waals surface area contributed by atoms with E-state index in [1.54, 1.807) is 0 Å². The molecule has 9 heteroatoms. The molecule has 1 aliphatic heterocycles. The summed E-state index contributed by atoms with van der Waals surface area (Å²) in [5, 5.41) is 2.67. The van der Waals surface area contributed by atoms with Crippen LogP contribution in [-0.2, 0) is 9.53 Å². The molecule has 0 unspecified atom stereocenters. The van der Waals surface area contributed by atoms with Gasteiger partial charge in [0, 0.05) is 23.6 Å². The van der Waals surface area contributed by atoms with E-state index in [4.69, 9.17) is 18.9 Å². The number of rotatable bonds is 8. The highest BCUT2D eigenvalue weighted by atomic mass is 32.2.